The zero-order valence-electron chi connectivity index (χ0n) is 16.8. The molecule has 152 valence electrons. The van der Waals surface area contributed by atoms with Gasteiger partial charge in [-0.3, -0.25) is 4.79 Å². The van der Waals surface area contributed by atoms with Crippen molar-refractivity contribution in [1.29, 1.82) is 0 Å². The van der Waals surface area contributed by atoms with Gasteiger partial charge in [-0.25, -0.2) is 9.97 Å². The molecule has 0 bridgehead atoms. The number of rotatable bonds is 6. The number of allylic oxidation sites excluding steroid dienone is 4. The molecule has 4 nitrogen and oxygen atoms in total. The zero-order valence-corrected chi connectivity index (χ0v) is 17.6. The van der Waals surface area contributed by atoms with E-state index in [0.717, 1.165) is 58.4 Å². The van der Waals surface area contributed by atoms with Crippen LogP contribution in [0.5, 0.6) is 0 Å². The Bertz CT molecular complexity index is 1150. The highest BCUT2D eigenvalue weighted by atomic mass is 35.5. The van der Waals surface area contributed by atoms with E-state index in [2.05, 4.69) is 24.3 Å². The molecule has 0 radical (unpaired) electrons. The van der Waals surface area contributed by atoms with E-state index < -0.39 is 5.97 Å². The molecule has 0 saturated carbocycles. The van der Waals surface area contributed by atoms with Crippen LogP contribution >= 0.6 is 11.6 Å². The summed E-state index contributed by atoms with van der Waals surface area (Å²) in [5.41, 5.74) is 6.85. The minimum Gasteiger partial charge on any atom is -0.481 e. The summed E-state index contributed by atoms with van der Waals surface area (Å²) in [4.78, 5) is 20.9. The molecule has 1 atom stereocenters. The lowest BCUT2D eigenvalue weighted by molar-refractivity contribution is -0.137. The first kappa shape index (κ1) is 20.3. The predicted octanol–water partition coefficient (Wildman–Crippen LogP) is 6.17. The highest BCUT2D eigenvalue weighted by molar-refractivity contribution is 6.30. The van der Waals surface area contributed by atoms with Crippen molar-refractivity contribution in [3.05, 3.63) is 82.5 Å². The van der Waals surface area contributed by atoms with Gasteiger partial charge in [0.05, 0.1) is 28.8 Å². The molecule has 5 heteroatoms. The summed E-state index contributed by atoms with van der Waals surface area (Å²) in [6, 6.07) is 13.8. The molecule has 0 aliphatic heterocycles. The molecule has 4 rings (SSSR count). The maximum Gasteiger partial charge on any atom is 0.303 e. The quantitative estimate of drug-likeness (QED) is 0.520. The fourth-order valence-corrected chi connectivity index (χ4v) is 3.96. The molecule has 1 aliphatic rings. The third-order valence-corrected chi connectivity index (χ3v) is 5.57. The van der Waals surface area contributed by atoms with E-state index in [9.17, 15) is 4.79 Å². The predicted molar refractivity (Wildman–Crippen MR) is 121 cm³/mol. The number of hydrogen-bond donors (Lipinski definition) is 1. The van der Waals surface area contributed by atoms with Crippen LogP contribution in [0.1, 0.15) is 30.5 Å². The number of carboxylic acids is 1. The summed E-state index contributed by atoms with van der Waals surface area (Å²) in [6.07, 6.45) is 8.72. The van der Waals surface area contributed by atoms with Crippen LogP contribution in [0.3, 0.4) is 0 Å². The van der Waals surface area contributed by atoms with Gasteiger partial charge in [-0.2, -0.15) is 0 Å². The van der Waals surface area contributed by atoms with Crippen molar-refractivity contribution < 1.29 is 9.90 Å². The molecule has 1 aliphatic carbocycles. The maximum absolute atomic E-state index is 11.0. The second-order valence-corrected chi connectivity index (χ2v) is 8.19. The molecule has 30 heavy (non-hydrogen) atoms. The van der Waals surface area contributed by atoms with Gasteiger partial charge >= 0.3 is 5.97 Å². The Morgan fingerprint density at radius 2 is 1.90 bits per heavy atom. The van der Waals surface area contributed by atoms with Crippen LogP contribution in [0.4, 0.5) is 0 Å². The number of aliphatic carboxylic acids is 1. The van der Waals surface area contributed by atoms with Crippen LogP contribution in [0.2, 0.25) is 5.02 Å². The Hall–Kier alpha value is -2.98. The number of halogens is 1. The topological polar surface area (TPSA) is 63.1 Å². The van der Waals surface area contributed by atoms with Gasteiger partial charge < -0.3 is 5.11 Å². The van der Waals surface area contributed by atoms with E-state index >= 15 is 0 Å². The Kier molecular flexibility index (Phi) is 5.96. The van der Waals surface area contributed by atoms with Crippen molar-refractivity contribution in [1.82, 2.24) is 9.97 Å². The van der Waals surface area contributed by atoms with E-state index in [-0.39, 0.29) is 12.3 Å². The van der Waals surface area contributed by atoms with E-state index in [0.29, 0.717) is 5.02 Å². The van der Waals surface area contributed by atoms with Crippen LogP contribution in [-0.4, -0.2) is 21.0 Å². The van der Waals surface area contributed by atoms with Gasteiger partial charge in [0.25, 0.3) is 0 Å². The molecule has 1 heterocycles. The van der Waals surface area contributed by atoms with Gasteiger partial charge in [0, 0.05) is 10.6 Å². The van der Waals surface area contributed by atoms with Crippen LogP contribution in [-0.2, 0) is 11.2 Å². The van der Waals surface area contributed by atoms with Crippen molar-refractivity contribution in [2.24, 2.45) is 5.92 Å². The molecular weight excluding hydrogens is 396 g/mol. The Morgan fingerprint density at radius 1 is 1.10 bits per heavy atom. The zero-order chi connectivity index (χ0) is 21.1. The molecule has 0 fully saturated rings. The normalized spacial score (nSPS) is 15.9. The molecule has 1 N–H and O–H groups in total. The van der Waals surface area contributed by atoms with Crippen molar-refractivity contribution >= 4 is 28.6 Å². The lowest BCUT2D eigenvalue weighted by Crippen LogP contribution is -2.08. The van der Waals surface area contributed by atoms with Crippen molar-refractivity contribution in [2.75, 3.05) is 0 Å². The lowest BCUT2D eigenvalue weighted by Gasteiger charge is -2.16. The SMILES string of the molecule is Cc1ccc2nc(-c3ccc(Cl)cc3)c(CCC3=CC(CC(=O)O)CC=C3)nc2c1. The van der Waals surface area contributed by atoms with Crippen LogP contribution in [0.15, 0.2) is 66.3 Å². The third-order valence-electron chi connectivity index (χ3n) is 5.32. The number of benzene rings is 2. The minimum absolute atomic E-state index is 0.0589. The van der Waals surface area contributed by atoms with Crippen molar-refractivity contribution in [2.45, 2.75) is 32.6 Å². The van der Waals surface area contributed by atoms with Gasteiger partial charge in [0.2, 0.25) is 0 Å². The molecule has 1 unspecified atom stereocenters. The van der Waals surface area contributed by atoms with Crippen molar-refractivity contribution in [3.8, 4) is 11.3 Å². The summed E-state index contributed by atoms with van der Waals surface area (Å²) in [5, 5.41) is 9.77. The number of fused-ring (bicyclic) bond motifs is 1. The maximum atomic E-state index is 11.0. The van der Waals surface area contributed by atoms with Gasteiger partial charge in [-0.05, 0) is 61.9 Å². The second-order valence-electron chi connectivity index (χ2n) is 7.76. The van der Waals surface area contributed by atoms with Gasteiger partial charge in [0.1, 0.15) is 0 Å². The Balaban J connectivity index is 1.67. The van der Waals surface area contributed by atoms with Gasteiger partial charge in [-0.1, -0.05) is 53.6 Å². The molecule has 0 spiro atoms. The van der Waals surface area contributed by atoms with E-state index in [4.69, 9.17) is 26.7 Å². The number of hydrogen-bond acceptors (Lipinski definition) is 3. The smallest absolute Gasteiger partial charge is 0.303 e. The molecule has 0 saturated heterocycles. The van der Waals surface area contributed by atoms with Crippen LogP contribution < -0.4 is 0 Å². The number of carbonyl (C=O) groups is 1. The monoisotopic (exact) mass is 418 g/mol. The molecule has 3 aromatic rings. The summed E-state index contributed by atoms with van der Waals surface area (Å²) >= 11 is 6.07. The highest BCUT2D eigenvalue weighted by Gasteiger charge is 2.15. The van der Waals surface area contributed by atoms with E-state index in [1.54, 1.807) is 0 Å². The number of aromatic nitrogens is 2. The first-order valence-corrected chi connectivity index (χ1v) is 10.5. The van der Waals surface area contributed by atoms with Gasteiger partial charge in [0.15, 0.2) is 0 Å². The van der Waals surface area contributed by atoms with Gasteiger partial charge in [-0.15, -0.1) is 0 Å². The number of nitrogens with zero attached hydrogens (tertiary/aromatic N) is 2. The summed E-state index contributed by atoms with van der Waals surface area (Å²) in [6.45, 7) is 2.05. The Labute approximate surface area is 180 Å². The van der Waals surface area contributed by atoms with Crippen LogP contribution in [0.25, 0.3) is 22.3 Å². The lowest BCUT2D eigenvalue weighted by atomic mass is 9.91. The first-order chi connectivity index (χ1) is 14.5. The molecule has 0 amide bonds. The molecular formula is C25H23ClN2O2. The standard InChI is InChI=1S/C25H23ClN2O2/c1-16-5-11-21-23(13-16)27-22(25(28-21)19-7-9-20(26)10-8-19)12-6-17-3-2-4-18(14-17)15-24(29)30/h2-3,5,7-11,13-14,18H,4,6,12,15H2,1H3,(H,29,30). The summed E-state index contributed by atoms with van der Waals surface area (Å²) in [5.74, 6) is -0.699. The fourth-order valence-electron chi connectivity index (χ4n) is 3.83. The second kappa shape index (κ2) is 8.80. The average Bonchev–Trinajstić information content (AvgIpc) is 2.72. The highest BCUT2D eigenvalue weighted by Crippen LogP contribution is 2.28. The average molecular weight is 419 g/mol. The third kappa shape index (κ3) is 4.77. The van der Waals surface area contributed by atoms with E-state index in [1.807, 2.05) is 43.3 Å². The number of aryl methyl sites for hydroxylation is 2. The van der Waals surface area contributed by atoms with Crippen molar-refractivity contribution in [3.63, 3.8) is 0 Å². The number of carboxylic acid groups (broad SMARTS) is 1. The fraction of sp³-hybridized carbons (Fsp3) is 0.240. The summed E-state index contributed by atoms with van der Waals surface area (Å²) in [7, 11) is 0. The molecule has 1 aromatic heterocycles. The first-order valence-electron chi connectivity index (χ1n) is 10.1. The van der Waals surface area contributed by atoms with E-state index in [1.165, 1.54) is 0 Å². The Morgan fingerprint density at radius 3 is 2.67 bits per heavy atom. The molecule has 2 aromatic carbocycles. The largest absolute Gasteiger partial charge is 0.481 e. The minimum atomic E-state index is -0.758. The van der Waals surface area contributed by atoms with Crippen LogP contribution in [0, 0.1) is 12.8 Å². The summed E-state index contributed by atoms with van der Waals surface area (Å²) < 4.78 is 0.